The summed E-state index contributed by atoms with van der Waals surface area (Å²) in [5.41, 5.74) is 0. The molecule has 90 valence electrons. The summed E-state index contributed by atoms with van der Waals surface area (Å²) in [7, 11) is 0. The molecule has 4 heteroatoms. The van der Waals surface area contributed by atoms with Gasteiger partial charge in [0.05, 0.1) is 6.54 Å². The van der Waals surface area contributed by atoms with Crippen LogP contribution >= 0.6 is 11.3 Å². The Morgan fingerprint density at radius 2 is 2.31 bits per heavy atom. The van der Waals surface area contributed by atoms with Gasteiger partial charge in [-0.3, -0.25) is 9.69 Å². The quantitative estimate of drug-likeness (QED) is 0.826. The Balaban J connectivity index is 2.40. The second-order valence-corrected chi connectivity index (χ2v) is 5.14. The van der Waals surface area contributed by atoms with Crippen LogP contribution in [0.5, 0.6) is 0 Å². The van der Waals surface area contributed by atoms with E-state index in [0.29, 0.717) is 6.54 Å². The summed E-state index contributed by atoms with van der Waals surface area (Å²) in [6.45, 7) is 8.27. The molecule has 0 unspecified atom stereocenters. The van der Waals surface area contributed by atoms with Gasteiger partial charge in [0, 0.05) is 17.5 Å². The van der Waals surface area contributed by atoms with Crippen molar-refractivity contribution in [2.24, 2.45) is 0 Å². The first-order valence-electron chi connectivity index (χ1n) is 5.66. The third-order valence-electron chi connectivity index (χ3n) is 2.22. The SMILES string of the molecule is CCN(CC(=O)NC(C)C)Cc1cccs1. The van der Waals surface area contributed by atoms with Gasteiger partial charge in [-0.1, -0.05) is 13.0 Å². The highest BCUT2D eigenvalue weighted by atomic mass is 32.1. The number of nitrogens with one attached hydrogen (secondary N) is 1. The van der Waals surface area contributed by atoms with Gasteiger partial charge in [-0.15, -0.1) is 11.3 Å². The maximum Gasteiger partial charge on any atom is 0.234 e. The van der Waals surface area contributed by atoms with Crippen molar-refractivity contribution in [1.29, 1.82) is 0 Å². The molecule has 1 amide bonds. The lowest BCUT2D eigenvalue weighted by Gasteiger charge is -2.19. The van der Waals surface area contributed by atoms with Crippen LogP contribution in [-0.2, 0) is 11.3 Å². The third-order valence-corrected chi connectivity index (χ3v) is 3.08. The highest BCUT2D eigenvalue weighted by Crippen LogP contribution is 2.11. The Bertz CT molecular complexity index is 309. The number of carbonyl (C=O) groups excluding carboxylic acids is 1. The van der Waals surface area contributed by atoms with Crippen molar-refractivity contribution < 1.29 is 4.79 Å². The lowest BCUT2D eigenvalue weighted by Crippen LogP contribution is -2.39. The van der Waals surface area contributed by atoms with Gasteiger partial charge >= 0.3 is 0 Å². The van der Waals surface area contributed by atoms with Gasteiger partial charge in [-0.05, 0) is 31.8 Å². The molecular weight excluding hydrogens is 220 g/mol. The molecule has 0 aliphatic carbocycles. The summed E-state index contributed by atoms with van der Waals surface area (Å²) in [4.78, 5) is 15.0. The van der Waals surface area contributed by atoms with E-state index in [9.17, 15) is 4.79 Å². The monoisotopic (exact) mass is 240 g/mol. The second-order valence-electron chi connectivity index (χ2n) is 4.10. The average Bonchev–Trinajstić information content (AvgIpc) is 2.68. The first-order valence-corrected chi connectivity index (χ1v) is 6.54. The van der Waals surface area contributed by atoms with Crippen LogP contribution in [0.15, 0.2) is 17.5 Å². The van der Waals surface area contributed by atoms with Gasteiger partial charge < -0.3 is 5.32 Å². The lowest BCUT2D eigenvalue weighted by molar-refractivity contribution is -0.122. The molecule has 0 bridgehead atoms. The van der Waals surface area contributed by atoms with Gasteiger partial charge in [0.15, 0.2) is 0 Å². The average molecular weight is 240 g/mol. The van der Waals surface area contributed by atoms with Crippen LogP contribution < -0.4 is 5.32 Å². The lowest BCUT2D eigenvalue weighted by atomic mass is 10.3. The summed E-state index contributed by atoms with van der Waals surface area (Å²) in [6, 6.07) is 4.36. The van der Waals surface area contributed by atoms with Crippen molar-refractivity contribution >= 4 is 17.2 Å². The number of rotatable bonds is 6. The van der Waals surface area contributed by atoms with E-state index in [-0.39, 0.29) is 11.9 Å². The maximum absolute atomic E-state index is 11.6. The number of amides is 1. The topological polar surface area (TPSA) is 32.3 Å². The molecule has 0 aliphatic rings. The van der Waals surface area contributed by atoms with E-state index in [1.807, 2.05) is 19.9 Å². The standard InChI is InChI=1S/C12H20N2OS/c1-4-14(8-11-6-5-7-16-11)9-12(15)13-10(2)3/h5-7,10H,4,8-9H2,1-3H3,(H,13,15). The molecule has 0 saturated heterocycles. The van der Waals surface area contributed by atoms with E-state index >= 15 is 0 Å². The van der Waals surface area contributed by atoms with Crippen molar-refractivity contribution in [2.75, 3.05) is 13.1 Å². The molecule has 0 atom stereocenters. The second kappa shape index (κ2) is 6.66. The Kier molecular flexibility index (Phi) is 5.49. The van der Waals surface area contributed by atoms with Crippen LogP contribution in [0.3, 0.4) is 0 Å². The largest absolute Gasteiger partial charge is 0.353 e. The zero-order chi connectivity index (χ0) is 12.0. The third kappa shape index (κ3) is 4.77. The fraction of sp³-hybridized carbons (Fsp3) is 0.583. The molecule has 16 heavy (non-hydrogen) atoms. The van der Waals surface area contributed by atoms with Gasteiger partial charge in [-0.25, -0.2) is 0 Å². The summed E-state index contributed by atoms with van der Waals surface area (Å²) >= 11 is 1.73. The van der Waals surface area contributed by atoms with Crippen molar-refractivity contribution in [3.63, 3.8) is 0 Å². The van der Waals surface area contributed by atoms with Crippen LogP contribution in [-0.4, -0.2) is 29.9 Å². The molecule has 0 spiro atoms. The first kappa shape index (κ1) is 13.2. The van der Waals surface area contributed by atoms with E-state index < -0.39 is 0 Å². The van der Waals surface area contributed by atoms with Gasteiger partial charge in [0.1, 0.15) is 0 Å². The molecule has 0 fully saturated rings. The number of thiophene rings is 1. The number of likely N-dealkylation sites (N-methyl/N-ethyl adjacent to an activating group) is 1. The molecule has 0 aliphatic heterocycles. The predicted octanol–water partition coefficient (Wildman–Crippen LogP) is 2.09. The molecule has 1 N–H and O–H groups in total. The number of hydrogen-bond donors (Lipinski definition) is 1. The van der Waals surface area contributed by atoms with E-state index in [1.54, 1.807) is 11.3 Å². The molecule has 1 aromatic rings. The van der Waals surface area contributed by atoms with Gasteiger partial charge in [0.25, 0.3) is 0 Å². The number of hydrogen-bond acceptors (Lipinski definition) is 3. The summed E-state index contributed by atoms with van der Waals surface area (Å²) in [6.07, 6.45) is 0. The first-order chi connectivity index (χ1) is 7.61. The van der Waals surface area contributed by atoms with E-state index in [1.165, 1.54) is 4.88 Å². The minimum atomic E-state index is 0.105. The van der Waals surface area contributed by atoms with Crippen molar-refractivity contribution in [2.45, 2.75) is 33.4 Å². The zero-order valence-electron chi connectivity index (χ0n) is 10.2. The highest BCUT2D eigenvalue weighted by Gasteiger charge is 2.10. The molecule has 3 nitrogen and oxygen atoms in total. The van der Waals surface area contributed by atoms with E-state index in [0.717, 1.165) is 13.1 Å². The number of nitrogens with zero attached hydrogens (tertiary/aromatic N) is 1. The summed E-state index contributed by atoms with van der Waals surface area (Å²) in [5.74, 6) is 0.105. The summed E-state index contributed by atoms with van der Waals surface area (Å²) < 4.78 is 0. The fourth-order valence-corrected chi connectivity index (χ4v) is 2.22. The van der Waals surface area contributed by atoms with E-state index in [2.05, 4.69) is 28.6 Å². The fourth-order valence-electron chi connectivity index (χ4n) is 1.47. The molecular formula is C12H20N2OS. The molecule has 0 aromatic carbocycles. The van der Waals surface area contributed by atoms with Gasteiger partial charge in [0.2, 0.25) is 5.91 Å². The Morgan fingerprint density at radius 1 is 1.56 bits per heavy atom. The van der Waals surface area contributed by atoms with Crippen LogP contribution in [0.1, 0.15) is 25.6 Å². The molecule has 1 heterocycles. The smallest absolute Gasteiger partial charge is 0.234 e. The van der Waals surface area contributed by atoms with Gasteiger partial charge in [-0.2, -0.15) is 0 Å². The molecule has 0 saturated carbocycles. The molecule has 1 aromatic heterocycles. The normalized spacial score (nSPS) is 11.1. The van der Waals surface area contributed by atoms with Crippen LogP contribution in [0, 0.1) is 0 Å². The van der Waals surface area contributed by atoms with Crippen molar-refractivity contribution in [3.05, 3.63) is 22.4 Å². The minimum Gasteiger partial charge on any atom is -0.353 e. The molecule has 0 radical (unpaired) electrons. The Morgan fingerprint density at radius 3 is 2.81 bits per heavy atom. The highest BCUT2D eigenvalue weighted by molar-refractivity contribution is 7.09. The minimum absolute atomic E-state index is 0.105. The Hall–Kier alpha value is -0.870. The van der Waals surface area contributed by atoms with Crippen molar-refractivity contribution in [1.82, 2.24) is 10.2 Å². The summed E-state index contributed by atoms with van der Waals surface area (Å²) in [5, 5.41) is 4.98. The molecule has 1 rings (SSSR count). The van der Waals surface area contributed by atoms with Crippen molar-refractivity contribution in [3.8, 4) is 0 Å². The Labute approximate surface area is 101 Å². The zero-order valence-corrected chi connectivity index (χ0v) is 11.0. The number of carbonyl (C=O) groups is 1. The van der Waals surface area contributed by atoms with Crippen LogP contribution in [0.2, 0.25) is 0 Å². The predicted molar refractivity (Wildman–Crippen MR) is 68.5 cm³/mol. The maximum atomic E-state index is 11.6. The van der Waals surface area contributed by atoms with E-state index in [4.69, 9.17) is 0 Å². The van der Waals surface area contributed by atoms with Crippen LogP contribution in [0.25, 0.3) is 0 Å². The van der Waals surface area contributed by atoms with Crippen LogP contribution in [0.4, 0.5) is 0 Å².